The van der Waals surface area contributed by atoms with Crippen molar-refractivity contribution in [2.75, 3.05) is 7.11 Å². The number of hydrogen-bond acceptors (Lipinski definition) is 3. The van der Waals surface area contributed by atoms with Crippen molar-refractivity contribution < 1.29 is 22.7 Å². The Hall–Kier alpha value is -2.51. The van der Waals surface area contributed by atoms with Crippen molar-refractivity contribution in [3.8, 4) is 5.69 Å². The van der Waals surface area contributed by atoms with Gasteiger partial charge >= 0.3 is 12.1 Å². The molecular weight excluding hydrogens is 277 g/mol. The Bertz CT molecular complexity index is 700. The van der Waals surface area contributed by atoms with Gasteiger partial charge in [0.15, 0.2) is 0 Å². The third-order valence-corrected chi connectivity index (χ3v) is 2.58. The van der Waals surface area contributed by atoms with Crippen molar-refractivity contribution in [3.63, 3.8) is 0 Å². The number of methoxy groups -OCH3 is 1. The fourth-order valence-electron chi connectivity index (χ4n) is 1.70. The number of aromatic amines is 1. The number of nitrogens with one attached hydrogen (secondary N) is 1. The first kappa shape index (κ1) is 13.9. The molecule has 0 saturated heterocycles. The Kier molecular flexibility index (Phi) is 3.39. The zero-order valence-corrected chi connectivity index (χ0v) is 10.2. The first-order valence-electron chi connectivity index (χ1n) is 5.41. The predicted molar refractivity (Wildman–Crippen MR) is 62.7 cm³/mol. The van der Waals surface area contributed by atoms with Gasteiger partial charge in [-0.05, 0) is 12.1 Å². The molecule has 0 amide bonds. The number of benzene rings is 1. The van der Waals surface area contributed by atoms with Gasteiger partial charge in [-0.3, -0.25) is 9.89 Å². The first-order valence-corrected chi connectivity index (χ1v) is 5.41. The standard InChI is InChI=1S/C12H9F3N2O3/c1-20-11(19)8-6-10(18)17(16-8)9-5-3-2-4-7(9)12(13,14)15/h2-6,16H,1H3. The van der Waals surface area contributed by atoms with Crippen LogP contribution < -0.4 is 5.56 Å². The molecule has 0 aliphatic carbocycles. The van der Waals surface area contributed by atoms with Gasteiger partial charge in [-0.15, -0.1) is 0 Å². The number of ether oxygens (including phenoxy) is 1. The lowest BCUT2D eigenvalue weighted by Gasteiger charge is -2.12. The van der Waals surface area contributed by atoms with Gasteiger partial charge in [0.25, 0.3) is 5.56 Å². The highest BCUT2D eigenvalue weighted by molar-refractivity contribution is 5.86. The van der Waals surface area contributed by atoms with Gasteiger partial charge < -0.3 is 4.74 Å². The smallest absolute Gasteiger partial charge is 0.418 e. The molecule has 2 rings (SSSR count). The number of hydrogen-bond donors (Lipinski definition) is 1. The number of carbonyl (C=O) groups is 1. The van der Waals surface area contributed by atoms with E-state index in [9.17, 15) is 22.8 Å². The Morgan fingerprint density at radius 1 is 1.30 bits per heavy atom. The zero-order chi connectivity index (χ0) is 14.9. The fraction of sp³-hybridized carbons (Fsp3) is 0.167. The number of aromatic nitrogens is 2. The van der Waals surface area contributed by atoms with Crippen molar-refractivity contribution in [2.24, 2.45) is 0 Å². The summed E-state index contributed by atoms with van der Waals surface area (Å²) >= 11 is 0. The molecule has 0 radical (unpaired) electrons. The van der Waals surface area contributed by atoms with Crippen LogP contribution in [0.15, 0.2) is 35.1 Å². The highest BCUT2D eigenvalue weighted by atomic mass is 19.4. The van der Waals surface area contributed by atoms with Crippen molar-refractivity contribution in [3.05, 3.63) is 51.9 Å². The van der Waals surface area contributed by atoms with E-state index in [1.807, 2.05) is 0 Å². The normalized spacial score (nSPS) is 11.4. The van der Waals surface area contributed by atoms with Crippen molar-refractivity contribution in [1.82, 2.24) is 9.78 Å². The minimum atomic E-state index is -4.62. The van der Waals surface area contributed by atoms with E-state index < -0.39 is 23.3 Å². The Morgan fingerprint density at radius 3 is 2.55 bits per heavy atom. The van der Waals surface area contributed by atoms with E-state index in [-0.39, 0.29) is 11.4 Å². The Morgan fingerprint density at radius 2 is 1.95 bits per heavy atom. The molecule has 0 saturated carbocycles. The average Bonchev–Trinajstić information content (AvgIpc) is 2.79. The summed E-state index contributed by atoms with van der Waals surface area (Å²) < 4.78 is 43.7. The van der Waals surface area contributed by atoms with Crippen LogP contribution in [0.1, 0.15) is 16.1 Å². The molecule has 5 nitrogen and oxygen atoms in total. The number of para-hydroxylation sites is 1. The fourth-order valence-corrected chi connectivity index (χ4v) is 1.70. The van der Waals surface area contributed by atoms with Gasteiger partial charge in [-0.1, -0.05) is 12.1 Å². The summed E-state index contributed by atoms with van der Waals surface area (Å²) in [5.41, 5.74) is -2.39. The van der Waals surface area contributed by atoms with Gasteiger partial charge in [0.05, 0.1) is 18.4 Å². The monoisotopic (exact) mass is 286 g/mol. The van der Waals surface area contributed by atoms with Gasteiger partial charge in [0.1, 0.15) is 5.69 Å². The molecule has 2 aromatic rings. The molecular formula is C12H9F3N2O3. The predicted octanol–water partition coefficient (Wildman–Crippen LogP) is 1.97. The van der Waals surface area contributed by atoms with Crippen LogP contribution in [-0.4, -0.2) is 22.9 Å². The van der Waals surface area contributed by atoms with Crippen LogP contribution in [0.2, 0.25) is 0 Å². The topological polar surface area (TPSA) is 64.1 Å². The molecule has 0 bridgehead atoms. The maximum atomic E-state index is 12.9. The number of rotatable bonds is 2. The van der Waals surface area contributed by atoms with Crippen LogP contribution in [0.25, 0.3) is 5.69 Å². The first-order chi connectivity index (χ1) is 9.34. The lowest BCUT2D eigenvalue weighted by atomic mass is 10.2. The molecule has 0 aliphatic rings. The van der Waals surface area contributed by atoms with Gasteiger partial charge in [0, 0.05) is 6.07 Å². The zero-order valence-electron chi connectivity index (χ0n) is 10.2. The number of nitrogens with zero attached hydrogens (tertiary/aromatic N) is 1. The van der Waals surface area contributed by atoms with Crippen molar-refractivity contribution in [1.29, 1.82) is 0 Å². The highest BCUT2D eigenvalue weighted by Gasteiger charge is 2.34. The molecule has 0 spiro atoms. The van der Waals surface area contributed by atoms with E-state index >= 15 is 0 Å². The van der Waals surface area contributed by atoms with Crippen molar-refractivity contribution >= 4 is 5.97 Å². The van der Waals surface area contributed by atoms with Crippen LogP contribution in [0.5, 0.6) is 0 Å². The largest absolute Gasteiger partial charge is 0.464 e. The molecule has 8 heteroatoms. The molecule has 1 heterocycles. The lowest BCUT2D eigenvalue weighted by molar-refractivity contribution is -0.137. The van der Waals surface area contributed by atoms with Gasteiger partial charge in [-0.25, -0.2) is 9.48 Å². The number of halogens is 3. The Labute approximate surface area is 110 Å². The van der Waals surface area contributed by atoms with E-state index in [2.05, 4.69) is 9.84 Å². The number of carbonyl (C=O) groups excluding carboxylic acids is 1. The number of esters is 1. The summed E-state index contributed by atoms with van der Waals surface area (Å²) in [5, 5.41) is 2.29. The maximum Gasteiger partial charge on any atom is 0.418 e. The number of alkyl halides is 3. The minimum absolute atomic E-state index is 0.227. The van der Waals surface area contributed by atoms with E-state index in [0.717, 1.165) is 25.3 Å². The van der Waals surface area contributed by atoms with Gasteiger partial charge in [0.2, 0.25) is 0 Å². The highest BCUT2D eigenvalue weighted by Crippen LogP contribution is 2.32. The van der Waals surface area contributed by atoms with Crippen LogP contribution in [0.4, 0.5) is 13.2 Å². The quantitative estimate of drug-likeness (QED) is 0.858. The second-order valence-corrected chi connectivity index (χ2v) is 3.85. The van der Waals surface area contributed by atoms with Crippen molar-refractivity contribution in [2.45, 2.75) is 6.18 Å². The summed E-state index contributed by atoms with van der Waals surface area (Å²) in [6.45, 7) is 0. The number of H-pyrrole nitrogens is 1. The van der Waals surface area contributed by atoms with Crippen LogP contribution in [0, 0.1) is 0 Å². The minimum Gasteiger partial charge on any atom is -0.464 e. The summed E-state index contributed by atoms with van der Waals surface area (Å²) in [5.74, 6) is -0.842. The summed E-state index contributed by atoms with van der Waals surface area (Å²) in [6.07, 6.45) is -4.62. The van der Waals surface area contributed by atoms with E-state index in [1.54, 1.807) is 0 Å². The lowest BCUT2D eigenvalue weighted by Crippen LogP contribution is -2.19. The summed E-state index contributed by atoms with van der Waals surface area (Å²) in [6, 6.07) is 5.42. The van der Waals surface area contributed by atoms with E-state index in [0.29, 0.717) is 4.68 Å². The average molecular weight is 286 g/mol. The van der Waals surface area contributed by atoms with E-state index in [4.69, 9.17) is 0 Å². The molecule has 0 aliphatic heterocycles. The molecule has 106 valence electrons. The maximum absolute atomic E-state index is 12.9. The molecule has 1 N–H and O–H groups in total. The molecule has 0 fully saturated rings. The molecule has 0 atom stereocenters. The van der Waals surface area contributed by atoms with Crippen LogP contribution in [-0.2, 0) is 10.9 Å². The van der Waals surface area contributed by atoms with E-state index in [1.165, 1.54) is 12.1 Å². The third kappa shape index (κ3) is 2.44. The Balaban J connectivity index is 2.61. The molecule has 1 aromatic heterocycles. The van der Waals surface area contributed by atoms with Crippen LogP contribution in [0.3, 0.4) is 0 Å². The second-order valence-electron chi connectivity index (χ2n) is 3.85. The van der Waals surface area contributed by atoms with Crippen LogP contribution >= 0.6 is 0 Å². The SMILES string of the molecule is COC(=O)c1cc(=O)n(-c2ccccc2C(F)(F)F)[nH]1. The summed E-state index contributed by atoms with van der Waals surface area (Å²) in [4.78, 5) is 23.0. The molecule has 0 unspecified atom stereocenters. The molecule has 20 heavy (non-hydrogen) atoms. The summed E-state index contributed by atoms with van der Waals surface area (Å²) in [7, 11) is 1.10. The van der Waals surface area contributed by atoms with Gasteiger partial charge in [-0.2, -0.15) is 13.2 Å². The second kappa shape index (κ2) is 4.87. The molecule has 1 aromatic carbocycles. The third-order valence-electron chi connectivity index (χ3n) is 2.58.